The van der Waals surface area contributed by atoms with Crippen LogP contribution in [-0.2, 0) is 13.1 Å². The quantitative estimate of drug-likeness (QED) is 0.345. The topological polar surface area (TPSA) is 79.5 Å². The molecule has 0 fully saturated rings. The molecule has 0 aliphatic carbocycles. The van der Waals surface area contributed by atoms with Gasteiger partial charge in [-0.05, 0) is 48.7 Å². The van der Waals surface area contributed by atoms with Crippen molar-refractivity contribution >= 4 is 35.8 Å². The molecular weight excluding hydrogens is 446 g/mol. The van der Waals surface area contributed by atoms with Crippen LogP contribution in [-0.4, -0.2) is 18.4 Å². The summed E-state index contributed by atoms with van der Waals surface area (Å²) in [5.74, 6) is -0.0256. The maximum absolute atomic E-state index is 13.6. The van der Waals surface area contributed by atoms with E-state index in [1.807, 2.05) is 25.1 Å². The largest absolute Gasteiger partial charge is 0.366 e. The molecule has 0 saturated heterocycles. The van der Waals surface area contributed by atoms with Gasteiger partial charge >= 0.3 is 0 Å². The number of amides is 1. The summed E-state index contributed by atoms with van der Waals surface area (Å²) in [5.41, 5.74) is 8.14. The summed E-state index contributed by atoms with van der Waals surface area (Å²) in [5, 5.41) is 6.36. The van der Waals surface area contributed by atoms with Gasteiger partial charge in [0.1, 0.15) is 5.82 Å². The minimum absolute atomic E-state index is 0. The molecule has 1 amide bonds. The van der Waals surface area contributed by atoms with Crippen LogP contribution in [0.3, 0.4) is 0 Å². The molecule has 0 saturated carbocycles. The van der Waals surface area contributed by atoms with E-state index in [0.717, 1.165) is 11.1 Å². The third kappa shape index (κ3) is 6.62. The van der Waals surface area contributed by atoms with Gasteiger partial charge in [-0.3, -0.25) is 4.79 Å². The first-order valence-corrected chi connectivity index (χ1v) is 8.15. The molecule has 2 aromatic rings. The number of halogens is 2. The van der Waals surface area contributed by atoms with Crippen LogP contribution in [0.5, 0.6) is 0 Å². The van der Waals surface area contributed by atoms with Crippen molar-refractivity contribution in [3.05, 3.63) is 70.5 Å². The fraction of sp³-hybridized carbons (Fsp3) is 0.263. The molecule has 0 aliphatic rings. The highest BCUT2D eigenvalue weighted by molar-refractivity contribution is 14.0. The van der Waals surface area contributed by atoms with E-state index in [9.17, 15) is 9.18 Å². The molecule has 4 N–H and O–H groups in total. The Bertz CT molecular complexity index is 763. The molecule has 140 valence electrons. The van der Waals surface area contributed by atoms with E-state index in [4.69, 9.17) is 5.73 Å². The normalized spacial score (nSPS) is 10.8. The minimum Gasteiger partial charge on any atom is -0.366 e. The van der Waals surface area contributed by atoms with Crippen molar-refractivity contribution in [1.29, 1.82) is 0 Å². The van der Waals surface area contributed by atoms with Gasteiger partial charge in [0.2, 0.25) is 5.91 Å². The van der Waals surface area contributed by atoms with Crippen molar-refractivity contribution in [2.24, 2.45) is 10.7 Å². The molecule has 0 radical (unpaired) electrons. The highest BCUT2D eigenvalue weighted by atomic mass is 127. The number of carbonyl (C=O) groups excluding carboxylic acids is 1. The lowest BCUT2D eigenvalue weighted by Gasteiger charge is -2.12. The van der Waals surface area contributed by atoms with Crippen LogP contribution in [0.1, 0.15) is 34.0 Å². The smallest absolute Gasteiger partial charge is 0.248 e. The first-order valence-electron chi connectivity index (χ1n) is 8.15. The van der Waals surface area contributed by atoms with Crippen LogP contribution in [0.4, 0.5) is 4.39 Å². The molecule has 0 aromatic heterocycles. The Balaban J connectivity index is 0.00000338. The Kier molecular flexibility index (Phi) is 9.04. The van der Waals surface area contributed by atoms with Gasteiger partial charge in [-0.15, -0.1) is 24.0 Å². The summed E-state index contributed by atoms with van der Waals surface area (Å²) in [7, 11) is 0. The zero-order valence-corrected chi connectivity index (χ0v) is 17.2. The monoisotopic (exact) mass is 470 g/mol. The molecule has 0 bridgehead atoms. The molecule has 7 heteroatoms. The molecule has 0 unspecified atom stereocenters. The van der Waals surface area contributed by atoms with Crippen molar-refractivity contribution in [2.45, 2.75) is 26.9 Å². The summed E-state index contributed by atoms with van der Waals surface area (Å²) < 4.78 is 13.6. The lowest BCUT2D eigenvalue weighted by Crippen LogP contribution is -2.36. The Hall–Kier alpha value is -2.16. The van der Waals surface area contributed by atoms with Crippen LogP contribution in [0.2, 0.25) is 0 Å². The van der Waals surface area contributed by atoms with E-state index in [0.29, 0.717) is 36.7 Å². The fourth-order valence-electron chi connectivity index (χ4n) is 2.22. The Morgan fingerprint density at radius 1 is 1.12 bits per heavy atom. The van der Waals surface area contributed by atoms with E-state index < -0.39 is 5.91 Å². The van der Waals surface area contributed by atoms with Gasteiger partial charge in [0.05, 0.1) is 6.54 Å². The zero-order chi connectivity index (χ0) is 18.2. The number of aliphatic imine (C=N–C) groups is 1. The van der Waals surface area contributed by atoms with E-state index in [-0.39, 0.29) is 29.8 Å². The second-order valence-electron chi connectivity index (χ2n) is 5.69. The van der Waals surface area contributed by atoms with Crippen molar-refractivity contribution in [2.75, 3.05) is 6.54 Å². The molecule has 0 spiro atoms. The van der Waals surface area contributed by atoms with Crippen molar-refractivity contribution < 1.29 is 9.18 Å². The summed E-state index contributed by atoms with van der Waals surface area (Å²) in [4.78, 5) is 15.5. The summed E-state index contributed by atoms with van der Waals surface area (Å²) in [6.45, 7) is 5.36. The Morgan fingerprint density at radius 2 is 1.77 bits per heavy atom. The molecule has 26 heavy (non-hydrogen) atoms. The number of nitrogens with one attached hydrogen (secondary N) is 2. The number of aryl methyl sites for hydroxylation is 1. The molecule has 2 rings (SSSR count). The molecule has 2 aromatic carbocycles. The van der Waals surface area contributed by atoms with Crippen molar-refractivity contribution in [3.8, 4) is 0 Å². The van der Waals surface area contributed by atoms with Crippen LogP contribution in [0, 0.1) is 12.7 Å². The van der Waals surface area contributed by atoms with Crippen molar-refractivity contribution in [3.63, 3.8) is 0 Å². The van der Waals surface area contributed by atoms with Gasteiger partial charge in [-0.1, -0.05) is 24.3 Å². The van der Waals surface area contributed by atoms with Gasteiger partial charge in [-0.25, -0.2) is 9.38 Å². The Labute approximate surface area is 170 Å². The van der Waals surface area contributed by atoms with Crippen LogP contribution < -0.4 is 16.4 Å². The molecule has 5 nitrogen and oxygen atoms in total. The summed E-state index contributed by atoms with van der Waals surface area (Å²) >= 11 is 0. The number of nitrogens with two attached hydrogens (primary N) is 1. The average Bonchev–Trinajstić information content (AvgIpc) is 2.60. The first-order chi connectivity index (χ1) is 12.0. The fourth-order valence-corrected chi connectivity index (χ4v) is 2.22. The highest BCUT2D eigenvalue weighted by Gasteiger charge is 2.03. The molecular formula is C19H24FIN4O. The zero-order valence-electron chi connectivity index (χ0n) is 14.9. The maximum atomic E-state index is 13.6. The third-order valence-electron chi connectivity index (χ3n) is 3.70. The lowest BCUT2D eigenvalue weighted by atomic mass is 10.1. The van der Waals surface area contributed by atoms with Gasteiger partial charge < -0.3 is 16.4 Å². The summed E-state index contributed by atoms with van der Waals surface area (Å²) in [6.07, 6.45) is 0. The van der Waals surface area contributed by atoms with E-state index in [1.165, 1.54) is 6.07 Å². The Morgan fingerprint density at radius 3 is 2.35 bits per heavy atom. The van der Waals surface area contributed by atoms with E-state index in [1.54, 1.807) is 25.1 Å². The standard InChI is InChI=1S/C19H23FN4O.HI/c1-3-22-19(24-12-15-5-4-13(2)17(20)10-15)23-11-14-6-8-16(9-7-14)18(21)25;/h4-10H,3,11-12H2,1-2H3,(H2,21,25)(H2,22,23,24);1H. The average molecular weight is 470 g/mol. The number of hydrogen-bond acceptors (Lipinski definition) is 2. The third-order valence-corrected chi connectivity index (χ3v) is 3.70. The number of rotatable bonds is 6. The second kappa shape index (κ2) is 10.7. The summed E-state index contributed by atoms with van der Waals surface area (Å²) in [6, 6.07) is 12.2. The van der Waals surface area contributed by atoms with Crippen molar-refractivity contribution in [1.82, 2.24) is 10.6 Å². The van der Waals surface area contributed by atoms with Gasteiger partial charge in [0.15, 0.2) is 5.96 Å². The minimum atomic E-state index is -0.445. The number of primary amides is 1. The number of nitrogens with zero attached hydrogens (tertiary/aromatic N) is 1. The van der Waals surface area contributed by atoms with Crippen LogP contribution >= 0.6 is 24.0 Å². The first kappa shape index (κ1) is 21.9. The van der Waals surface area contributed by atoms with Crippen LogP contribution in [0.25, 0.3) is 0 Å². The predicted molar refractivity (Wildman–Crippen MR) is 113 cm³/mol. The molecule has 0 atom stereocenters. The maximum Gasteiger partial charge on any atom is 0.248 e. The lowest BCUT2D eigenvalue weighted by molar-refractivity contribution is 0.100. The molecule has 0 aliphatic heterocycles. The molecule has 0 heterocycles. The second-order valence-corrected chi connectivity index (χ2v) is 5.69. The SMILES string of the molecule is CCNC(=NCc1ccc(C)c(F)c1)NCc1ccc(C(N)=O)cc1.I. The van der Waals surface area contributed by atoms with Crippen LogP contribution in [0.15, 0.2) is 47.5 Å². The number of hydrogen-bond donors (Lipinski definition) is 3. The van der Waals surface area contributed by atoms with Gasteiger partial charge in [0.25, 0.3) is 0 Å². The van der Waals surface area contributed by atoms with Gasteiger partial charge in [0, 0.05) is 18.7 Å². The highest BCUT2D eigenvalue weighted by Crippen LogP contribution is 2.10. The van der Waals surface area contributed by atoms with E-state index in [2.05, 4.69) is 15.6 Å². The van der Waals surface area contributed by atoms with E-state index >= 15 is 0 Å². The number of carbonyl (C=O) groups is 1. The predicted octanol–water partition coefficient (Wildman–Crippen LogP) is 3.11. The number of guanidine groups is 1. The van der Waals surface area contributed by atoms with Gasteiger partial charge in [-0.2, -0.15) is 0 Å². The number of benzene rings is 2.